The SMILES string of the molecule is COc1cccc(C23CCN(CCCc4ccccc4)CC2(C)CCC(N)C3)c1. The van der Waals surface area contributed by atoms with E-state index < -0.39 is 0 Å². The molecule has 3 unspecified atom stereocenters. The first kappa shape index (κ1) is 20.4. The first-order valence-electron chi connectivity index (χ1n) is 11.2. The normalized spacial score (nSPS) is 30.0. The third-order valence-electron chi connectivity index (χ3n) is 7.67. The van der Waals surface area contributed by atoms with Crippen molar-refractivity contribution in [1.82, 2.24) is 4.90 Å². The van der Waals surface area contributed by atoms with Gasteiger partial charge in [-0.25, -0.2) is 0 Å². The molecule has 0 spiro atoms. The minimum atomic E-state index is 0.162. The van der Waals surface area contributed by atoms with Crippen LogP contribution in [-0.2, 0) is 11.8 Å². The van der Waals surface area contributed by atoms with Crippen LogP contribution in [0.5, 0.6) is 5.75 Å². The fourth-order valence-corrected chi connectivity index (χ4v) is 5.97. The van der Waals surface area contributed by atoms with Crippen molar-refractivity contribution in [2.24, 2.45) is 11.1 Å². The van der Waals surface area contributed by atoms with Crippen LogP contribution in [0.25, 0.3) is 0 Å². The van der Waals surface area contributed by atoms with Crippen molar-refractivity contribution in [3.63, 3.8) is 0 Å². The molecule has 1 heterocycles. The number of benzene rings is 2. The van der Waals surface area contributed by atoms with E-state index in [4.69, 9.17) is 10.5 Å². The highest BCUT2D eigenvalue weighted by atomic mass is 16.5. The van der Waals surface area contributed by atoms with Crippen molar-refractivity contribution < 1.29 is 4.74 Å². The average Bonchev–Trinajstić information content (AvgIpc) is 2.75. The van der Waals surface area contributed by atoms with Crippen molar-refractivity contribution in [2.75, 3.05) is 26.7 Å². The van der Waals surface area contributed by atoms with E-state index in [-0.39, 0.29) is 10.8 Å². The Morgan fingerprint density at radius 3 is 2.72 bits per heavy atom. The molecule has 2 fully saturated rings. The predicted octanol–water partition coefficient (Wildman–Crippen LogP) is 4.79. The molecule has 0 amide bonds. The molecule has 0 radical (unpaired) electrons. The second-order valence-electron chi connectivity index (χ2n) is 9.49. The van der Waals surface area contributed by atoms with E-state index in [0.29, 0.717) is 6.04 Å². The molecular formula is C26H36N2O. The van der Waals surface area contributed by atoms with Crippen molar-refractivity contribution in [3.05, 3.63) is 65.7 Å². The van der Waals surface area contributed by atoms with Gasteiger partial charge >= 0.3 is 0 Å². The molecular weight excluding hydrogens is 356 g/mol. The molecule has 0 aromatic heterocycles. The highest BCUT2D eigenvalue weighted by Gasteiger charge is 2.54. The number of aryl methyl sites for hydroxylation is 1. The third-order valence-corrected chi connectivity index (χ3v) is 7.67. The number of hydrogen-bond acceptors (Lipinski definition) is 3. The molecule has 1 aliphatic heterocycles. The lowest BCUT2D eigenvalue weighted by Gasteiger charge is -2.59. The summed E-state index contributed by atoms with van der Waals surface area (Å²) in [6.07, 6.45) is 7.02. The fraction of sp³-hybridized carbons (Fsp3) is 0.538. The van der Waals surface area contributed by atoms with Crippen LogP contribution in [-0.4, -0.2) is 37.7 Å². The Labute approximate surface area is 176 Å². The summed E-state index contributed by atoms with van der Waals surface area (Å²) >= 11 is 0. The van der Waals surface area contributed by atoms with Crippen LogP contribution >= 0.6 is 0 Å². The van der Waals surface area contributed by atoms with Gasteiger partial charge in [0.15, 0.2) is 0 Å². The molecule has 3 atom stereocenters. The predicted molar refractivity (Wildman–Crippen MR) is 120 cm³/mol. The Bertz CT molecular complexity index is 807. The fourth-order valence-electron chi connectivity index (χ4n) is 5.97. The van der Waals surface area contributed by atoms with E-state index in [0.717, 1.165) is 25.1 Å². The van der Waals surface area contributed by atoms with Crippen LogP contribution in [0, 0.1) is 5.41 Å². The van der Waals surface area contributed by atoms with Crippen LogP contribution in [0.3, 0.4) is 0 Å². The summed E-state index contributed by atoms with van der Waals surface area (Å²) < 4.78 is 5.56. The Kier molecular flexibility index (Phi) is 5.98. The first-order valence-corrected chi connectivity index (χ1v) is 11.2. The van der Waals surface area contributed by atoms with Gasteiger partial charge in [0.25, 0.3) is 0 Å². The zero-order valence-corrected chi connectivity index (χ0v) is 18.1. The number of fused-ring (bicyclic) bond motifs is 1. The lowest BCUT2D eigenvalue weighted by molar-refractivity contribution is -0.0270. The molecule has 156 valence electrons. The molecule has 1 saturated carbocycles. The second-order valence-corrected chi connectivity index (χ2v) is 9.49. The summed E-state index contributed by atoms with van der Waals surface area (Å²) in [4.78, 5) is 2.71. The topological polar surface area (TPSA) is 38.5 Å². The maximum absolute atomic E-state index is 6.53. The Balaban J connectivity index is 1.50. The maximum Gasteiger partial charge on any atom is 0.119 e. The summed E-state index contributed by atoms with van der Waals surface area (Å²) in [5.41, 5.74) is 9.83. The number of nitrogens with two attached hydrogens (primary N) is 1. The highest BCUT2D eigenvalue weighted by molar-refractivity contribution is 5.37. The first-order chi connectivity index (χ1) is 14.0. The Morgan fingerprint density at radius 1 is 1.10 bits per heavy atom. The van der Waals surface area contributed by atoms with Gasteiger partial charge in [-0.1, -0.05) is 49.4 Å². The molecule has 0 bridgehead atoms. The number of rotatable bonds is 6. The van der Waals surface area contributed by atoms with Gasteiger partial charge in [0.2, 0.25) is 0 Å². The van der Waals surface area contributed by atoms with Crippen LogP contribution in [0.4, 0.5) is 0 Å². The molecule has 29 heavy (non-hydrogen) atoms. The van der Waals surface area contributed by atoms with Gasteiger partial charge in [0.1, 0.15) is 5.75 Å². The van der Waals surface area contributed by atoms with E-state index in [9.17, 15) is 0 Å². The summed E-state index contributed by atoms with van der Waals surface area (Å²) in [6, 6.07) is 20.0. The van der Waals surface area contributed by atoms with E-state index in [1.165, 1.54) is 49.9 Å². The summed E-state index contributed by atoms with van der Waals surface area (Å²) in [6.45, 7) is 6.03. The van der Waals surface area contributed by atoms with Crippen molar-refractivity contribution in [1.29, 1.82) is 0 Å². The molecule has 3 nitrogen and oxygen atoms in total. The number of ether oxygens (including phenoxy) is 1. The molecule has 2 N–H and O–H groups in total. The number of methoxy groups -OCH3 is 1. The summed E-state index contributed by atoms with van der Waals surface area (Å²) in [7, 11) is 1.76. The zero-order chi connectivity index (χ0) is 20.3. The Morgan fingerprint density at radius 2 is 1.93 bits per heavy atom. The molecule has 1 saturated heterocycles. The second kappa shape index (κ2) is 8.49. The smallest absolute Gasteiger partial charge is 0.119 e. The van der Waals surface area contributed by atoms with Gasteiger partial charge in [0, 0.05) is 18.0 Å². The molecule has 2 aromatic rings. The monoisotopic (exact) mass is 392 g/mol. The highest BCUT2D eigenvalue weighted by Crippen LogP contribution is 2.56. The van der Waals surface area contributed by atoms with Gasteiger partial charge in [-0.05, 0) is 80.3 Å². The van der Waals surface area contributed by atoms with Crippen molar-refractivity contribution >= 4 is 0 Å². The van der Waals surface area contributed by atoms with Crippen LogP contribution in [0.15, 0.2) is 54.6 Å². The minimum Gasteiger partial charge on any atom is -0.497 e. The quantitative estimate of drug-likeness (QED) is 0.768. The van der Waals surface area contributed by atoms with E-state index in [1.54, 1.807) is 7.11 Å². The number of likely N-dealkylation sites (tertiary alicyclic amines) is 1. The number of nitrogens with zero attached hydrogens (tertiary/aromatic N) is 1. The summed E-state index contributed by atoms with van der Waals surface area (Å²) in [5, 5.41) is 0. The maximum atomic E-state index is 6.53. The number of piperidine rings is 1. The lowest BCUT2D eigenvalue weighted by Crippen LogP contribution is -2.61. The van der Waals surface area contributed by atoms with Crippen molar-refractivity contribution in [2.45, 2.75) is 56.9 Å². The molecule has 3 heteroatoms. The van der Waals surface area contributed by atoms with Crippen LogP contribution < -0.4 is 10.5 Å². The van der Waals surface area contributed by atoms with Crippen LogP contribution in [0.2, 0.25) is 0 Å². The van der Waals surface area contributed by atoms with E-state index in [1.807, 2.05) is 0 Å². The minimum absolute atomic E-state index is 0.162. The van der Waals surface area contributed by atoms with Gasteiger partial charge < -0.3 is 15.4 Å². The standard InChI is InChI=1S/C26H36N2O/c1-25-14-13-23(27)19-26(25,22-11-6-12-24(18-22)29-2)15-17-28(20-25)16-7-10-21-8-4-3-5-9-21/h3-6,8-9,11-12,18,23H,7,10,13-17,19-20,27H2,1-2H3. The number of hydrogen-bond donors (Lipinski definition) is 1. The Hall–Kier alpha value is -1.84. The summed E-state index contributed by atoms with van der Waals surface area (Å²) in [5.74, 6) is 0.962. The molecule has 2 aromatic carbocycles. The lowest BCUT2D eigenvalue weighted by atomic mass is 9.50. The third kappa shape index (κ3) is 4.08. The van der Waals surface area contributed by atoms with Gasteiger partial charge in [-0.3, -0.25) is 0 Å². The molecule has 1 aliphatic carbocycles. The van der Waals surface area contributed by atoms with Crippen LogP contribution in [0.1, 0.15) is 50.2 Å². The van der Waals surface area contributed by atoms with Gasteiger partial charge in [0.05, 0.1) is 7.11 Å². The van der Waals surface area contributed by atoms with Gasteiger partial charge in [-0.2, -0.15) is 0 Å². The zero-order valence-electron chi connectivity index (χ0n) is 18.1. The average molecular weight is 393 g/mol. The molecule has 2 aliphatic rings. The largest absolute Gasteiger partial charge is 0.497 e. The van der Waals surface area contributed by atoms with E-state index >= 15 is 0 Å². The molecule has 4 rings (SSSR count). The van der Waals surface area contributed by atoms with E-state index in [2.05, 4.69) is 66.4 Å². The van der Waals surface area contributed by atoms with Crippen molar-refractivity contribution in [3.8, 4) is 5.75 Å². The van der Waals surface area contributed by atoms with Gasteiger partial charge in [-0.15, -0.1) is 0 Å².